The summed E-state index contributed by atoms with van der Waals surface area (Å²) in [6.07, 6.45) is 5.62. The van der Waals surface area contributed by atoms with Crippen molar-refractivity contribution in [3.63, 3.8) is 0 Å². The van der Waals surface area contributed by atoms with Crippen molar-refractivity contribution in [1.82, 2.24) is 5.32 Å². The smallest absolute Gasteiger partial charge is 0.118 e. The molecule has 1 atom stereocenters. The van der Waals surface area contributed by atoms with Gasteiger partial charge >= 0.3 is 0 Å². The normalized spacial score (nSPS) is 26.5. The van der Waals surface area contributed by atoms with Crippen molar-refractivity contribution in [2.75, 3.05) is 20.2 Å². The van der Waals surface area contributed by atoms with E-state index in [4.69, 9.17) is 4.74 Å². The summed E-state index contributed by atoms with van der Waals surface area (Å²) in [6, 6.07) is 8.68. The fraction of sp³-hybridized carbons (Fsp3) is 0.600. The van der Waals surface area contributed by atoms with Gasteiger partial charge in [0.25, 0.3) is 0 Å². The van der Waals surface area contributed by atoms with Gasteiger partial charge in [-0.1, -0.05) is 25.0 Å². The highest BCUT2D eigenvalue weighted by molar-refractivity contribution is 5.32. The first kappa shape index (κ1) is 11.1. The molecule has 1 aromatic rings. The molecule has 0 aromatic heterocycles. The third-order valence-electron chi connectivity index (χ3n) is 4.68. The van der Waals surface area contributed by atoms with E-state index < -0.39 is 0 Å². The molecule has 1 saturated carbocycles. The van der Waals surface area contributed by atoms with Crippen LogP contribution in [0.1, 0.15) is 37.2 Å². The van der Waals surface area contributed by atoms with E-state index in [0.717, 1.165) is 12.3 Å². The van der Waals surface area contributed by atoms with Gasteiger partial charge in [-0.2, -0.15) is 0 Å². The number of hydrogen-bond acceptors (Lipinski definition) is 2. The summed E-state index contributed by atoms with van der Waals surface area (Å²) in [7, 11) is 1.73. The van der Waals surface area contributed by atoms with Crippen molar-refractivity contribution in [2.24, 2.45) is 5.41 Å². The maximum atomic E-state index is 5.23. The molecule has 1 N–H and O–H groups in total. The fourth-order valence-corrected chi connectivity index (χ4v) is 3.72. The second-order valence-electron chi connectivity index (χ2n) is 5.53. The van der Waals surface area contributed by atoms with Gasteiger partial charge in [-0.3, -0.25) is 0 Å². The Kier molecular flexibility index (Phi) is 2.83. The van der Waals surface area contributed by atoms with E-state index in [0.29, 0.717) is 11.3 Å². The number of nitrogens with one attached hydrogen (secondary N) is 1. The molecule has 3 rings (SSSR count). The number of methoxy groups -OCH3 is 1. The molecule has 1 spiro atoms. The second-order valence-corrected chi connectivity index (χ2v) is 5.53. The zero-order chi connectivity index (χ0) is 11.7. The molecule has 1 aromatic carbocycles. The SMILES string of the molecule is COc1ccc(C2CNCC23CCCC3)cc1. The largest absolute Gasteiger partial charge is 0.497 e. The fourth-order valence-electron chi connectivity index (χ4n) is 3.72. The average molecular weight is 231 g/mol. The van der Waals surface area contributed by atoms with Crippen LogP contribution < -0.4 is 10.1 Å². The number of rotatable bonds is 2. The molecule has 2 fully saturated rings. The molecule has 17 heavy (non-hydrogen) atoms. The van der Waals surface area contributed by atoms with Crippen molar-refractivity contribution >= 4 is 0 Å². The molecule has 2 heteroatoms. The molecule has 0 bridgehead atoms. The first-order valence-corrected chi connectivity index (χ1v) is 6.69. The molecule has 1 aliphatic heterocycles. The standard InChI is InChI=1S/C15H21NO/c1-17-13-6-4-12(5-7-13)14-10-16-11-15(14)8-2-3-9-15/h4-7,14,16H,2-3,8-11H2,1H3. The molecule has 92 valence electrons. The van der Waals surface area contributed by atoms with Gasteiger partial charge in [-0.15, -0.1) is 0 Å². The van der Waals surface area contributed by atoms with Gasteiger partial charge in [0.2, 0.25) is 0 Å². The van der Waals surface area contributed by atoms with Crippen LogP contribution in [0.5, 0.6) is 5.75 Å². The Bertz CT molecular complexity index is 373. The quantitative estimate of drug-likeness (QED) is 0.845. The van der Waals surface area contributed by atoms with Crippen LogP contribution in [-0.2, 0) is 0 Å². The Morgan fingerprint density at radius 1 is 1.18 bits per heavy atom. The summed E-state index contributed by atoms with van der Waals surface area (Å²) < 4.78 is 5.23. The van der Waals surface area contributed by atoms with Crippen molar-refractivity contribution in [3.8, 4) is 5.75 Å². The first-order valence-electron chi connectivity index (χ1n) is 6.69. The minimum absolute atomic E-state index is 0.550. The molecular weight excluding hydrogens is 210 g/mol. The van der Waals surface area contributed by atoms with Crippen molar-refractivity contribution in [1.29, 1.82) is 0 Å². The van der Waals surface area contributed by atoms with Crippen LogP contribution in [0, 0.1) is 5.41 Å². The van der Waals surface area contributed by atoms with Crippen LogP contribution in [0.4, 0.5) is 0 Å². The average Bonchev–Trinajstić information content (AvgIpc) is 3.01. The van der Waals surface area contributed by atoms with E-state index in [1.807, 2.05) is 0 Å². The highest BCUT2D eigenvalue weighted by Gasteiger charge is 2.45. The number of hydrogen-bond donors (Lipinski definition) is 1. The zero-order valence-corrected chi connectivity index (χ0v) is 10.5. The predicted octanol–water partition coefficient (Wildman–Crippen LogP) is 2.94. The summed E-state index contributed by atoms with van der Waals surface area (Å²) in [5.41, 5.74) is 2.03. The van der Waals surface area contributed by atoms with E-state index in [1.54, 1.807) is 7.11 Å². The molecule has 1 aliphatic carbocycles. The molecular formula is C15H21NO. The predicted molar refractivity (Wildman–Crippen MR) is 69.5 cm³/mol. The van der Waals surface area contributed by atoms with E-state index in [1.165, 1.54) is 37.8 Å². The van der Waals surface area contributed by atoms with Gasteiger partial charge in [0.1, 0.15) is 5.75 Å². The van der Waals surface area contributed by atoms with Crippen LogP contribution in [0.25, 0.3) is 0 Å². The Morgan fingerprint density at radius 2 is 1.88 bits per heavy atom. The van der Waals surface area contributed by atoms with Gasteiger partial charge < -0.3 is 10.1 Å². The van der Waals surface area contributed by atoms with Crippen molar-refractivity contribution in [3.05, 3.63) is 29.8 Å². The van der Waals surface area contributed by atoms with E-state index in [2.05, 4.69) is 29.6 Å². The molecule has 1 unspecified atom stereocenters. The van der Waals surface area contributed by atoms with Crippen molar-refractivity contribution in [2.45, 2.75) is 31.6 Å². The molecule has 2 aliphatic rings. The summed E-state index contributed by atoms with van der Waals surface area (Å²) in [6.45, 7) is 2.36. The highest BCUT2D eigenvalue weighted by atomic mass is 16.5. The summed E-state index contributed by atoms with van der Waals surface area (Å²) in [5, 5.41) is 3.60. The Labute approximate surface area is 103 Å². The third kappa shape index (κ3) is 1.85. The molecule has 0 amide bonds. The van der Waals surface area contributed by atoms with Crippen LogP contribution >= 0.6 is 0 Å². The van der Waals surface area contributed by atoms with Gasteiger partial charge in [0, 0.05) is 19.0 Å². The maximum Gasteiger partial charge on any atom is 0.118 e. The van der Waals surface area contributed by atoms with Crippen LogP contribution in [0.2, 0.25) is 0 Å². The number of ether oxygens (including phenoxy) is 1. The molecule has 1 saturated heterocycles. The minimum atomic E-state index is 0.550. The van der Waals surface area contributed by atoms with Gasteiger partial charge in [-0.05, 0) is 36.0 Å². The van der Waals surface area contributed by atoms with E-state index >= 15 is 0 Å². The zero-order valence-electron chi connectivity index (χ0n) is 10.5. The van der Waals surface area contributed by atoms with Crippen LogP contribution in [0.3, 0.4) is 0 Å². The van der Waals surface area contributed by atoms with Gasteiger partial charge in [0.15, 0.2) is 0 Å². The Hall–Kier alpha value is -1.02. The first-order chi connectivity index (χ1) is 8.34. The highest BCUT2D eigenvalue weighted by Crippen LogP contribution is 2.50. The molecule has 1 heterocycles. The molecule has 2 nitrogen and oxygen atoms in total. The van der Waals surface area contributed by atoms with E-state index in [-0.39, 0.29) is 0 Å². The topological polar surface area (TPSA) is 21.3 Å². The lowest BCUT2D eigenvalue weighted by molar-refractivity contribution is 0.295. The lowest BCUT2D eigenvalue weighted by Gasteiger charge is -2.30. The van der Waals surface area contributed by atoms with Gasteiger partial charge in [0.05, 0.1) is 7.11 Å². The monoisotopic (exact) mass is 231 g/mol. The van der Waals surface area contributed by atoms with E-state index in [9.17, 15) is 0 Å². The maximum absolute atomic E-state index is 5.23. The molecule has 0 radical (unpaired) electrons. The van der Waals surface area contributed by atoms with Crippen LogP contribution in [-0.4, -0.2) is 20.2 Å². The second kappa shape index (κ2) is 4.34. The minimum Gasteiger partial charge on any atom is -0.497 e. The lowest BCUT2D eigenvalue weighted by Crippen LogP contribution is -2.25. The van der Waals surface area contributed by atoms with Crippen molar-refractivity contribution < 1.29 is 4.74 Å². The Morgan fingerprint density at radius 3 is 2.53 bits per heavy atom. The van der Waals surface area contributed by atoms with Gasteiger partial charge in [-0.25, -0.2) is 0 Å². The number of benzene rings is 1. The Balaban J connectivity index is 1.86. The lowest BCUT2D eigenvalue weighted by atomic mass is 9.73. The summed E-state index contributed by atoms with van der Waals surface area (Å²) in [4.78, 5) is 0. The van der Waals surface area contributed by atoms with Crippen LogP contribution in [0.15, 0.2) is 24.3 Å². The summed E-state index contributed by atoms with van der Waals surface area (Å²) in [5.74, 6) is 1.66. The third-order valence-corrected chi connectivity index (χ3v) is 4.68. The summed E-state index contributed by atoms with van der Waals surface area (Å²) >= 11 is 0.